The Balaban J connectivity index is 1.38. The summed E-state index contributed by atoms with van der Waals surface area (Å²) in [6.45, 7) is 7.41. The summed E-state index contributed by atoms with van der Waals surface area (Å²) in [5.74, 6) is 0.530. The van der Waals surface area contributed by atoms with Crippen LogP contribution in [0.5, 0.6) is 11.8 Å². The van der Waals surface area contributed by atoms with Gasteiger partial charge in [-0.15, -0.1) is 0 Å². The first-order valence-corrected chi connectivity index (χ1v) is 12.0. The number of ether oxygens (including phenoxy) is 3. The van der Waals surface area contributed by atoms with Crippen molar-refractivity contribution in [1.82, 2.24) is 9.55 Å². The molecule has 0 unspecified atom stereocenters. The van der Waals surface area contributed by atoms with E-state index in [0.29, 0.717) is 32.2 Å². The zero-order chi connectivity index (χ0) is 24.4. The molecule has 0 spiro atoms. The molecule has 5 rings (SSSR count). The van der Waals surface area contributed by atoms with Crippen molar-refractivity contribution in [2.75, 3.05) is 18.5 Å². The molecule has 0 saturated carbocycles. The molecule has 1 aliphatic rings. The highest BCUT2D eigenvalue weighted by molar-refractivity contribution is 5.79. The van der Waals surface area contributed by atoms with Crippen molar-refractivity contribution in [3.05, 3.63) is 77.4 Å². The zero-order valence-electron chi connectivity index (χ0n) is 20.2. The van der Waals surface area contributed by atoms with Crippen molar-refractivity contribution in [2.24, 2.45) is 0 Å². The Bertz CT molecular complexity index is 1380. The number of hydrogen-bond acceptors (Lipinski definition) is 6. The van der Waals surface area contributed by atoms with Crippen LogP contribution in [0, 0.1) is 6.92 Å². The van der Waals surface area contributed by atoms with Crippen LogP contribution < -0.4 is 14.8 Å². The maximum absolute atomic E-state index is 11.7. The smallest absolute Gasteiger partial charge is 0.306 e. The summed E-state index contributed by atoms with van der Waals surface area (Å²) >= 11 is 0. The molecule has 7 heteroatoms. The van der Waals surface area contributed by atoms with Gasteiger partial charge in [-0.1, -0.05) is 31.2 Å². The van der Waals surface area contributed by atoms with Crippen LogP contribution in [0.2, 0.25) is 0 Å². The molecule has 1 aromatic heterocycles. The summed E-state index contributed by atoms with van der Waals surface area (Å²) < 4.78 is 19.2. The van der Waals surface area contributed by atoms with Crippen molar-refractivity contribution in [1.29, 1.82) is 0 Å². The van der Waals surface area contributed by atoms with Crippen LogP contribution in [0.15, 0.2) is 60.7 Å². The molecule has 7 nitrogen and oxygen atoms in total. The number of esters is 1. The van der Waals surface area contributed by atoms with Gasteiger partial charge in [-0.05, 0) is 55.3 Å². The molecule has 0 fully saturated rings. The molecule has 1 aliphatic heterocycles. The predicted octanol–water partition coefficient (Wildman–Crippen LogP) is 5.73. The van der Waals surface area contributed by atoms with Gasteiger partial charge in [0.25, 0.3) is 0 Å². The molecule has 0 saturated heterocycles. The first-order chi connectivity index (χ1) is 17.1. The van der Waals surface area contributed by atoms with Crippen LogP contribution >= 0.6 is 0 Å². The number of carbonyl (C=O) groups excluding carboxylic acids is 1. The minimum atomic E-state index is -0.338. The number of para-hydroxylation sites is 2. The van der Waals surface area contributed by atoms with Crippen molar-refractivity contribution in [3.8, 4) is 17.4 Å². The number of imidazole rings is 1. The van der Waals surface area contributed by atoms with Gasteiger partial charge in [-0.3, -0.25) is 9.36 Å². The Kier molecular flexibility index (Phi) is 6.31. The second kappa shape index (κ2) is 9.70. The molecule has 0 aliphatic carbocycles. The van der Waals surface area contributed by atoms with E-state index in [-0.39, 0.29) is 12.1 Å². The Hall–Kier alpha value is -4.00. The van der Waals surface area contributed by atoms with Crippen LogP contribution in [0.1, 0.15) is 43.1 Å². The molecule has 2 heterocycles. The third-order valence-corrected chi connectivity index (χ3v) is 6.26. The van der Waals surface area contributed by atoms with Gasteiger partial charge in [0, 0.05) is 30.3 Å². The maximum atomic E-state index is 11.7. The molecule has 1 N–H and O–H groups in total. The second-order valence-corrected chi connectivity index (χ2v) is 8.46. The first-order valence-electron chi connectivity index (χ1n) is 12.0. The van der Waals surface area contributed by atoms with E-state index in [4.69, 9.17) is 14.2 Å². The highest BCUT2D eigenvalue weighted by Crippen LogP contribution is 2.37. The van der Waals surface area contributed by atoms with Gasteiger partial charge in [0.1, 0.15) is 12.4 Å². The molecule has 0 radical (unpaired) electrons. The van der Waals surface area contributed by atoms with Gasteiger partial charge in [0.15, 0.2) is 6.10 Å². The highest BCUT2D eigenvalue weighted by Gasteiger charge is 2.27. The van der Waals surface area contributed by atoms with Gasteiger partial charge in [0.2, 0.25) is 0 Å². The summed E-state index contributed by atoms with van der Waals surface area (Å²) in [4.78, 5) is 16.4. The lowest BCUT2D eigenvalue weighted by Gasteiger charge is -2.16. The largest absolute Gasteiger partial charge is 0.489 e. The Morgan fingerprint density at radius 1 is 1.14 bits per heavy atom. The van der Waals surface area contributed by atoms with Crippen molar-refractivity contribution >= 4 is 22.7 Å². The first kappa shape index (κ1) is 22.8. The van der Waals surface area contributed by atoms with Crippen LogP contribution in [0.3, 0.4) is 0 Å². The number of carbonyl (C=O) groups is 1. The van der Waals surface area contributed by atoms with Crippen molar-refractivity contribution < 1.29 is 19.0 Å². The quantitative estimate of drug-likeness (QED) is 0.331. The number of benzene rings is 3. The molecule has 1 atom stereocenters. The molecule has 180 valence electrons. The second-order valence-electron chi connectivity index (χ2n) is 8.46. The number of nitrogens with zero attached hydrogens (tertiary/aromatic N) is 2. The standard InChI is InChI=1S/C28H29N3O4/c1-4-27(32)35-26-17-34-25-15-20(13-14-21(25)26)29-16-19-9-8-12-23(18(19)3)31-24-11-7-6-10-22(24)30-28(31)33-5-2/h6-15,26,29H,4-5,16-17H2,1-3H3/t26-/m1/s1. The van der Waals surface area contributed by atoms with E-state index >= 15 is 0 Å². The number of anilines is 1. The van der Waals surface area contributed by atoms with E-state index in [1.807, 2.05) is 43.3 Å². The molecular weight excluding hydrogens is 442 g/mol. The molecule has 0 bridgehead atoms. The fourth-order valence-corrected chi connectivity index (χ4v) is 4.39. The van der Waals surface area contributed by atoms with E-state index in [0.717, 1.165) is 39.3 Å². The van der Waals surface area contributed by atoms with Crippen LogP contribution in [0.25, 0.3) is 16.7 Å². The molecular formula is C28H29N3O4. The number of fused-ring (bicyclic) bond motifs is 2. The fourth-order valence-electron chi connectivity index (χ4n) is 4.39. The summed E-state index contributed by atoms with van der Waals surface area (Å²) in [5.41, 5.74) is 7.12. The van der Waals surface area contributed by atoms with E-state index in [1.54, 1.807) is 6.92 Å². The summed E-state index contributed by atoms with van der Waals surface area (Å²) in [7, 11) is 0. The van der Waals surface area contributed by atoms with E-state index in [2.05, 4.69) is 46.1 Å². The molecule has 3 aromatic carbocycles. The SMILES string of the molecule is CCOc1nc2ccccc2n1-c1cccc(CNc2ccc3c(c2)OC[C@H]3OC(=O)CC)c1C. The monoisotopic (exact) mass is 471 g/mol. The van der Waals surface area contributed by atoms with Gasteiger partial charge in [-0.25, -0.2) is 0 Å². The highest BCUT2D eigenvalue weighted by atomic mass is 16.6. The number of nitrogens with one attached hydrogen (secondary N) is 1. The number of hydrogen-bond donors (Lipinski definition) is 1. The summed E-state index contributed by atoms with van der Waals surface area (Å²) in [6.07, 6.45) is 0.0140. The average Bonchev–Trinajstić information content (AvgIpc) is 3.44. The molecule has 35 heavy (non-hydrogen) atoms. The van der Waals surface area contributed by atoms with Gasteiger partial charge in [-0.2, -0.15) is 4.98 Å². The third-order valence-electron chi connectivity index (χ3n) is 6.26. The Labute approximate surface area is 204 Å². The average molecular weight is 472 g/mol. The number of aromatic nitrogens is 2. The van der Waals surface area contributed by atoms with Crippen molar-refractivity contribution in [2.45, 2.75) is 39.8 Å². The zero-order valence-corrected chi connectivity index (χ0v) is 20.2. The van der Waals surface area contributed by atoms with Crippen molar-refractivity contribution in [3.63, 3.8) is 0 Å². The van der Waals surface area contributed by atoms with E-state index < -0.39 is 0 Å². The van der Waals surface area contributed by atoms with E-state index in [1.165, 1.54) is 5.56 Å². The normalized spacial score (nSPS) is 14.4. The van der Waals surface area contributed by atoms with Crippen LogP contribution in [0.4, 0.5) is 5.69 Å². The lowest BCUT2D eigenvalue weighted by atomic mass is 10.1. The Morgan fingerprint density at radius 2 is 2.00 bits per heavy atom. The lowest BCUT2D eigenvalue weighted by Crippen LogP contribution is -2.11. The summed E-state index contributed by atoms with van der Waals surface area (Å²) in [5, 5.41) is 3.50. The maximum Gasteiger partial charge on any atom is 0.306 e. The third kappa shape index (κ3) is 4.41. The number of rotatable bonds is 8. The topological polar surface area (TPSA) is 74.6 Å². The fraction of sp³-hybridized carbons (Fsp3) is 0.286. The predicted molar refractivity (Wildman–Crippen MR) is 135 cm³/mol. The van der Waals surface area contributed by atoms with Crippen LogP contribution in [-0.2, 0) is 16.1 Å². The molecule has 4 aromatic rings. The minimum absolute atomic E-state index is 0.220. The van der Waals surface area contributed by atoms with E-state index in [9.17, 15) is 4.79 Å². The van der Waals surface area contributed by atoms with Gasteiger partial charge < -0.3 is 19.5 Å². The lowest BCUT2D eigenvalue weighted by molar-refractivity contribution is -0.149. The van der Waals surface area contributed by atoms with Gasteiger partial charge >= 0.3 is 12.0 Å². The Morgan fingerprint density at radius 3 is 2.83 bits per heavy atom. The van der Waals surface area contributed by atoms with Crippen LogP contribution in [-0.4, -0.2) is 28.7 Å². The molecule has 0 amide bonds. The van der Waals surface area contributed by atoms with Gasteiger partial charge in [0.05, 0.1) is 23.3 Å². The minimum Gasteiger partial charge on any atom is -0.489 e. The summed E-state index contributed by atoms with van der Waals surface area (Å²) in [6, 6.07) is 20.8.